The summed E-state index contributed by atoms with van der Waals surface area (Å²) in [5, 5.41) is 11.6. The highest BCUT2D eigenvalue weighted by atomic mass is 16.4. The average Bonchev–Trinajstić information content (AvgIpc) is 2.48. The Hall–Kier alpha value is -2.18. The third-order valence-corrected chi connectivity index (χ3v) is 3.44. The highest BCUT2D eigenvalue weighted by molar-refractivity contribution is 5.96. The van der Waals surface area contributed by atoms with Crippen molar-refractivity contribution in [2.75, 3.05) is 18.0 Å². The van der Waals surface area contributed by atoms with Gasteiger partial charge in [-0.15, -0.1) is 0 Å². The Morgan fingerprint density at radius 2 is 1.95 bits per heavy atom. The molecule has 1 amide bonds. The highest BCUT2D eigenvalue weighted by Crippen LogP contribution is 2.15. The minimum absolute atomic E-state index is 0.0178. The number of carbonyl (C=O) groups excluding carboxylic acids is 1. The smallest absolute Gasteiger partial charge is 0.315 e. The number of carboxylic acids is 1. The molecule has 0 radical (unpaired) electrons. The lowest BCUT2D eigenvalue weighted by Gasteiger charge is -2.32. The molecule has 0 spiro atoms. The van der Waals surface area contributed by atoms with Gasteiger partial charge in [-0.2, -0.15) is 0 Å². The Morgan fingerprint density at radius 1 is 1.35 bits per heavy atom. The molecule has 0 aliphatic carbocycles. The van der Waals surface area contributed by atoms with Crippen LogP contribution >= 0.6 is 0 Å². The fraction of sp³-hybridized carbons (Fsp3) is 0.538. The van der Waals surface area contributed by atoms with E-state index in [1.165, 1.54) is 6.92 Å². The Labute approximate surface area is 117 Å². The van der Waals surface area contributed by atoms with Crippen LogP contribution in [0.1, 0.15) is 19.8 Å². The largest absolute Gasteiger partial charge is 0.481 e. The SMILES string of the molecule is CC(C(=O)O)C(=O)NC1CCN(c2ncccn2)CC1. The number of aliphatic carboxylic acids is 1. The van der Waals surface area contributed by atoms with Gasteiger partial charge in [-0.3, -0.25) is 9.59 Å². The van der Waals surface area contributed by atoms with Gasteiger partial charge in [-0.25, -0.2) is 9.97 Å². The molecule has 20 heavy (non-hydrogen) atoms. The van der Waals surface area contributed by atoms with Crippen molar-refractivity contribution < 1.29 is 14.7 Å². The van der Waals surface area contributed by atoms with Crippen LogP contribution in [0.15, 0.2) is 18.5 Å². The molecule has 2 heterocycles. The number of hydrogen-bond acceptors (Lipinski definition) is 5. The van der Waals surface area contributed by atoms with Gasteiger partial charge in [0.1, 0.15) is 5.92 Å². The van der Waals surface area contributed by atoms with Gasteiger partial charge in [0.2, 0.25) is 11.9 Å². The molecule has 2 N–H and O–H groups in total. The molecule has 7 nitrogen and oxygen atoms in total. The van der Waals surface area contributed by atoms with E-state index in [0.717, 1.165) is 25.9 Å². The first kappa shape index (κ1) is 14.2. The Bertz CT molecular complexity index is 472. The van der Waals surface area contributed by atoms with Gasteiger partial charge in [-0.1, -0.05) is 0 Å². The molecule has 1 unspecified atom stereocenters. The second-order valence-corrected chi connectivity index (χ2v) is 4.88. The molecule has 108 valence electrons. The standard InChI is InChI=1S/C13H18N4O3/c1-9(12(19)20)11(18)16-10-3-7-17(8-4-10)13-14-5-2-6-15-13/h2,5-6,9-10H,3-4,7-8H2,1H3,(H,16,18)(H,19,20). The second-order valence-electron chi connectivity index (χ2n) is 4.88. The van der Waals surface area contributed by atoms with Crippen LogP contribution in [-0.4, -0.2) is 46.1 Å². The third-order valence-electron chi connectivity index (χ3n) is 3.44. The van der Waals surface area contributed by atoms with E-state index in [2.05, 4.69) is 20.2 Å². The summed E-state index contributed by atoms with van der Waals surface area (Å²) in [5.74, 6) is -1.84. The molecule has 1 aromatic rings. The molecule has 1 saturated heterocycles. The van der Waals surface area contributed by atoms with Crippen LogP contribution in [0.3, 0.4) is 0 Å². The van der Waals surface area contributed by atoms with E-state index in [9.17, 15) is 9.59 Å². The van der Waals surface area contributed by atoms with Gasteiger partial charge >= 0.3 is 5.97 Å². The molecular weight excluding hydrogens is 260 g/mol. The van der Waals surface area contributed by atoms with E-state index in [0.29, 0.717) is 5.95 Å². The first-order valence-corrected chi connectivity index (χ1v) is 6.63. The second kappa shape index (κ2) is 6.31. The monoisotopic (exact) mass is 278 g/mol. The summed E-state index contributed by atoms with van der Waals surface area (Å²) in [4.78, 5) is 32.8. The maximum atomic E-state index is 11.7. The van der Waals surface area contributed by atoms with Crippen LogP contribution in [0, 0.1) is 5.92 Å². The van der Waals surface area contributed by atoms with Gasteiger partial charge in [0.15, 0.2) is 0 Å². The quantitative estimate of drug-likeness (QED) is 0.768. The zero-order chi connectivity index (χ0) is 14.5. The number of anilines is 1. The maximum absolute atomic E-state index is 11.7. The zero-order valence-electron chi connectivity index (χ0n) is 11.3. The third kappa shape index (κ3) is 3.43. The Kier molecular flexibility index (Phi) is 4.49. The number of carboxylic acid groups (broad SMARTS) is 1. The summed E-state index contributed by atoms with van der Waals surface area (Å²) < 4.78 is 0. The number of hydrogen-bond donors (Lipinski definition) is 2. The van der Waals surface area contributed by atoms with Crippen molar-refractivity contribution in [2.24, 2.45) is 5.92 Å². The summed E-state index contributed by atoms with van der Waals surface area (Å²) in [6, 6.07) is 1.79. The lowest BCUT2D eigenvalue weighted by Crippen LogP contribution is -2.47. The fourth-order valence-corrected chi connectivity index (χ4v) is 2.12. The summed E-state index contributed by atoms with van der Waals surface area (Å²) in [7, 11) is 0. The number of aromatic nitrogens is 2. The first-order chi connectivity index (χ1) is 9.58. The number of carbonyl (C=O) groups is 2. The van der Waals surface area contributed by atoms with Crippen LogP contribution in [0.25, 0.3) is 0 Å². The van der Waals surface area contributed by atoms with Crippen molar-refractivity contribution in [1.82, 2.24) is 15.3 Å². The van der Waals surface area contributed by atoms with Crippen molar-refractivity contribution in [3.63, 3.8) is 0 Å². The summed E-state index contributed by atoms with van der Waals surface area (Å²) in [5.41, 5.74) is 0. The van der Waals surface area contributed by atoms with Crippen molar-refractivity contribution in [2.45, 2.75) is 25.8 Å². The molecule has 1 aliphatic heterocycles. The van der Waals surface area contributed by atoms with Crippen LogP contribution < -0.4 is 10.2 Å². The Morgan fingerprint density at radius 3 is 2.50 bits per heavy atom. The van der Waals surface area contributed by atoms with E-state index in [1.54, 1.807) is 18.5 Å². The zero-order valence-corrected chi connectivity index (χ0v) is 11.3. The van der Waals surface area contributed by atoms with Crippen LogP contribution in [-0.2, 0) is 9.59 Å². The highest BCUT2D eigenvalue weighted by Gasteiger charge is 2.26. The van der Waals surface area contributed by atoms with E-state index in [4.69, 9.17) is 5.11 Å². The molecule has 2 rings (SSSR count). The van der Waals surface area contributed by atoms with Gasteiger partial charge in [0.05, 0.1) is 0 Å². The number of amides is 1. The van der Waals surface area contributed by atoms with Crippen molar-refractivity contribution in [3.05, 3.63) is 18.5 Å². The Balaban J connectivity index is 1.83. The van der Waals surface area contributed by atoms with Crippen LogP contribution in [0.4, 0.5) is 5.95 Å². The van der Waals surface area contributed by atoms with E-state index in [-0.39, 0.29) is 6.04 Å². The molecule has 0 bridgehead atoms. The number of piperidine rings is 1. The van der Waals surface area contributed by atoms with Crippen molar-refractivity contribution >= 4 is 17.8 Å². The summed E-state index contributed by atoms with van der Waals surface area (Å²) in [6.45, 7) is 2.89. The molecule has 1 aromatic heterocycles. The van der Waals surface area contributed by atoms with Gasteiger partial charge < -0.3 is 15.3 Å². The normalized spacial score (nSPS) is 17.6. The summed E-state index contributed by atoms with van der Waals surface area (Å²) in [6.07, 6.45) is 4.92. The molecule has 1 fully saturated rings. The fourth-order valence-electron chi connectivity index (χ4n) is 2.12. The van der Waals surface area contributed by atoms with Gasteiger partial charge in [0.25, 0.3) is 0 Å². The average molecular weight is 278 g/mol. The van der Waals surface area contributed by atoms with Crippen LogP contribution in [0.5, 0.6) is 0 Å². The van der Waals surface area contributed by atoms with E-state index in [1.807, 2.05) is 0 Å². The van der Waals surface area contributed by atoms with Gasteiger partial charge in [-0.05, 0) is 25.8 Å². The summed E-state index contributed by atoms with van der Waals surface area (Å²) >= 11 is 0. The molecule has 0 aromatic carbocycles. The molecule has 7 heteroatoms. The predicted octanol–water partition coefficient (Wildman–Crippen LogP) is 0.282. The number of nitrogens with zero attached hydrogens (tertiary/aromatic N) is 3. The van der Waals surface area contributed by atoms with Crippen molar-refractivity contribution in [3.8, 4) is 0 Å². The molecule has 1 atom stereocenters. The molecule has 1 aliphatic rings. The first-order valence-electron chi connectivity index (χ1n) is 6.63. The number of rotatable bonds is 4. The number of nitrogens with one attached hydrogen (secondary N) is 1. The van der Waals surface area contributed by atoms with Gasteiger partial charge in [0, 0.05) is 31.5 Å². The van der Waals surface area contributed by atoms with E-state index < -0.39 is 17.8 Å². The predicted molar refractivity (Wildman–Crippen MR) is 72.2 cm³/mol. The molecular formula is C13H18N4O3. The lowest BCUT2D eigenvalue weighted by molar-refractivity contribution is -0.146. The minimum Gasteiger partial charge on any atom is -0.481 e. The molecule has 0 saturated carbocycles. The van der Waals surface area contributed by atoms with E-state index >= 15 is 0 Å². The topological polar surface area (TPSA) is 95.4 Å². The lowest BCUT2D eigenvalue weighted by atomic mass is 10.0. The van der Waals surface area contributed by atoms with Crippen molar-refractivity contribution in [1.29, 1.82) is 0 Å². The van der Waals surface area contributed by atoms with Crippen LogP contribution in [0.2, 0.25) is 0 Å². The maximum Gasteiger partial charge on any atom is 0.315 e. The minimum atomic E-state index is -1.10.